The fraction of sp³-hybridized carbons (Fsp3) is 0.174. The second-order valence-electron chi connectivity index (χ2n) is 7.68. The first-order chi connectivity index (χ1) is 17.0. The molecule has 5 aromatic rings. The highest BCUT2D eigenvalue weighted by atomic mass is 19.1. The van der Waals surface area contributed by atoms with E-state index in [9.17, 15) is 10.2 Å². The molecule has 0 aliphatic heterocycles. The van der Waals surface area contributed by atoms with Crippen LogP contribution in [0.25, 0.3) is 16.9 Å². The summed E-state index contributed by atoms with van der Waals surface area (Å²) < 4.78 is 24.0. The van der Waals surface area contributed by atoms with E-state index < -0.39 is 18.3 Å². The average molecular weight is 476 g/mol. The molecule has 4 heterocycles. The molecule has 0 aliphatic rings. The molecule has 178 valence electrons. The molecule has 5 rings (SSSR count). The monoisotopic (exact) mass is 476 g/mol. The topological polar surface area (TPSA) is 136 Å². The van der Waals surface area contributed by atoms with Crippen LogP contribution >= 0.6 is 0 Å². The molecular weight excluding hydrogens is 455 g/mol. The Balaban J connectivity index is 1.48. The number of aryl methyl sites for hydroxylation is 1. The summed E-state index contributed by atoms with van der Waals surface area (Å²) in [6, 6.07) is 15.1. The number of aromatic nitrogens is 7. The van der Waals surface area contributed by atoms with E-state index in [4.69, 9.17) is 4.74 Å². The van der Waals surface area contributed by atoms with Crippen LogP contribution in [-0.4, -0.2) is 50.8 Å². The van der Waals surface area contributed by atoms with Crippen LogP contribution < -0.4 is 10.1 Å². The van der Waals surface area contributed by atoms with Crippen LogP contribution in [-0.2, 0) is 7.05 Å². The number of pyridine rings is 1. The molecule has 0 aliphatic carbocycles. The first-order valence-electron chi connectivity index (χ1n) is 10.7. The Morgan fingerprint density at radius 1 is 1.06 bits per heavy atom. The summed E-state index contributed by atoms with van der Waals surface area (Å²) in [6.45, 7) is 0. The minimum Gasteiger partial charge on any atom is -0.482 e. The third kappa shape index (κ3) is 4.78. The van der Waals surface area contributed by atoms with Gasteiger partial charge in [0.05, 0.1) is 11.9 Å². The van der Waals surface area contributed by atoms with Gasteiger partial charge in [-0.3, -0.25) is 9.08 Å². The van der Waals surface area contributed by atoms with Crippen molar-refractivity contribution in [2.45, 2.75) is 18.8 Å². The second-order valence-corrected chi connectivity index (χ2v) is 7.68. The van der Waals surface area contributed by atoms with Crippen LogP contribution in [0.1, 0.15) is 18.3 Å². The molecule has 0 radical (unpaired) electrons. The summed E-state index contributed by atoms with van der Waals surface area (Å²) >= 11 is 0. The van der Waals surface area contributed by atoms with Crippen molar-refractivity contribution in [2.75, 3.05) is 5.32 Å². The highest BCUT2D eigenvalue weighted by Gasteiger charge is 2.25. The highest BCUT2D eigenvalue weighted by Crippen LogP contribution is 2.28. The maximum atomic E-state index is 15.4. The lowest BCUT2D eigenvalue weighted by molar-refractivity contribution is -0.0678. The Hall–Kier alpha value is -4.42. The molecule has 11 nitrogen and oxygen atoms in total. The van der Waals surface area contributed by atoms with Crippen molar-refractivity contribution in [3.05, 3.63) is 78.8 Å². The van der Waals surface area contributed by atoms with Crippen LogP contribution in [0.5, 0.6) is 5.75 Å². The maximum absolute atomic E-state index is 15.4. The number of hydrogen-bond donors (Lipinski definition) is 3. The number of anilines is 2. The van der Waals surface area contributed by atoms with Crippen LogP contribution in [0.4, 0.5) is 16.2 Å². The zero-order valence-corrected chi connectivity index (χ0v) is 18.5. The van der Waals surface area contributed by atoms with Gasteiger partial charge in [0.2, 0.25) is 11.9 Å². The standard InChI is InChI=1S/C23H21FN8O3/c1-31-19(8-10-26-31)28-23-25-9-7-16(27-23)14-11-18(24)32-20(12-14)29-30-22(32)17(13-21(33)34)35-15-5-3-2-4-6-15/h2-12,17,21,33-34H,13H2,1H3,(H,25,27,28). The fourth-order valence-corrected chi connectivity index (χ4v) is 3.60. The number of aliphatic hydroxyl groups is 2. The van der Waals surface area contributed by atoms with Crippen molar-refractivity contribution in [1.82, 2.24) is 34.3 Å². The van der Waals surface area contributed by atoms with Crippen molar-refractivity contribution >= 4 is 17.4 Å². The summed E-state index contributed by atoms with van der Waals surface area (Å²) in [4.78, 5) is 8.67. The highest BCUT2D eigenvalue weighted by molar-refractivity contribution is 5.65. The van der Waals surface area contributed by atoms with Crippen molar-refractivity contribution in [3.63, 3.8) is 0 Å². The normalized spacial score (nSPS) is 12.3. The van der Waals surface area contributed by atoms with Crippen LogP contribution in [0.3, 0.4) is 0 Å². The molecule has 0 fully saturated rings. The number of ether oxygens (including phenoxy) is 1. The van der Waals surface area contributed by atoms with E-state index in [1.165, 1.54) is 10.5 Å². The summed E-state index contributed by atoms with van der Waals surface area (Å²) in [6.07, 6.45) is 0.325. The van der Waals surface area contributed by atoms with Crippen molar-refractivity contribution < 1.29 is 19.3 Å². The molecule has 0 saturated carbocycles. The smallest absolute Gasteiger partial charge is 0.228 e. The van der Waals surface area contributed by atoms with Gasteiger partial charge in [0.15, 0.2) is 23.9 Å². The number of para-hydroxylation sites is 1. The summed E-state index contributed by atoms with van der Waals surface area (Å²) in [5.74, 6) is 0.929. The van der Waals surface area contributed by atoms with E-state index in [1.807, 2.05) is 6.07 Å². The second kappa shape index (κ2) is 9.44. The molecule has 4 aromatic heterocycles. The number of aliphatic hydroxyl groups excluding tert-OH is 1. The number of benzene rings is 1. The Bertz CT molecular complexity index is 1450. The number of fused-ring (bicyclic) bond motifs is 1. The predicted octanol–water partition coefficient (Wildman–Crippen LogP) is 2.62. The summed E-state index contributed by atoms with van der Waals surface area (Å²) in [7, 11) is 1.78. The van der Waals surface area contributed by atoms with Crippen LogP contribution in [0.2, 0.25) is 0 Å². The minimum absolute atomic E-state index is 0.0993. The first kappa shape index (κ1) is 22.4. The van der Waals surface area contributed by atoms with Gasteiger partial charge in [-0.15, -0.1) is 10.2 Å². The van der Waals surface area contributed by atoms with Gasteiger partial charge in [0.1, 0.15) is 11.6 Å². The lowest BCUT2D eigenvalue weighted by Crippen LogP contribution is -2.19. The van der Waals surface area contributed by atoms with Crippen molar-refractivity contribution in [1.29, 1.82) is 0 Å². The molecule has 0 saturated heterocycles. The summed E-state index contributed by atoms with van der Waals surface area (Å²) in [5, 5.41) is 34.5. The zero-order chi connectivity index (χ0) is 24.4. The number of nitrogens with zero attached hydrogens (tertiary/aromatic N) is 7. The molecular formula is C23H21FN8O3. The Morgan fingerprint density at radius 2 is 1.89 bits per heavy atom. The molecule has 3 N–H and O–H groups in total. The quantitative estimate of drug-likeness (QED) is 0.228. The maximum Gasteiger partial charge on any atom is 0.228 e. The van der Waals surface area contributed by atoms with Crippen molar-refractivity contribution in [3.8, 4) is 17.0 Å². The van der Waals surface area contributed by atoms with E-state index in [-0.39, 0.29) is 17.9 Å². The van der Waals surface area contributed by atoms with Gasteiger partial charge >= 0.3 is 0 Å². The molecule has 0 amide bonds. The van der Waals surface area contributed by atoms with E-state index in [0.717, 1.165) is 0 Å². The first-order valence-corrected chi connectivity index (χ1v) is 10.7. The Kier molecular flexibility index (Phi) is 6.04. The van der Waals surface area contributed by atoms with Gasteiger partial charge in [-0.2, -0.15) is 9.49 Å². The van der Waals surface area contributed by atoms with Gasteiger partial charge in [-0.25, -0.2) is 9.97 Å². The number of nitrogens with one attached hydrogen (secondary N) is 1. The Labute approximate surface area is 198 Å². The minimum atomic E-state index is -1.69. The predicted molar refractivity (Wildman–Crippen MR) is 123 cm³/mol. The molecule has 1 atom stereocenters. The van der Waals surface area contributed by atoms with E-state index >= 15 is 4.39 Å². The number of halogens is 1. The van der Waals surface area contributed by atoms with E-state index in [2.05, 4.69) is 30.6 Å². The zero-order valence-electron chi connectivity index (χ0n) is 18.5. The molecule has 1 unspecified atom stereocenters. The summed E-state index contributed by atoms with van der Waals surface area (Å²) in [5.41, 5.74) is 1.15. The fourth-order valence-electron chi connectivity index (χ4n) is 3.60. The molecule has 0 bridgehead atoms. The van der Waals surface area contributed by atoms with Crippen LogP contribution in [0, 0.1) is 5.95 Å². The van der Waals surface area contributed by atoms with Gasteiger partial charge in [-0.1, -0.05) is 18.2 Å². The lowest BCUT2D eigenvalue weighted by atomic mass is 10.2. The number of hydrogen-bond acceptors (Lipinski definition) is 9. The Morgan fingerprint density at radius 3 is 2.63 bits per heavy atom. The van der Waals surface area contributed by atoms with Crippen molar-refractivity contribution in [2.24, 2.45) is 7.05 Å². The number of rotatable bonds is 8. The van der Waals surface area contributed by atoms with Gasteiger partial charge in [-0.05, 0) is 24.3 Å². The van der Waals surface area contributed by atoms with Crippen LogP contribution in [0.15, 0.2) is 67.0 Å². The third-order valence-corrected chi connectivity index (χ3v) is 5.23. The van der Waals surface area contributed by atoms with Gasteiger partial charge in [0.25, 0.3) is 0 Å². The largest absolute Gasteiger partial charge is 0.482 e. The molecule has 35 heavy (non-hydrogen) atoms. The third-order valence-electron chi connectivity index (χ3n) is 5.23. The van der Waals surface area contributed by atoms with Gasteiger partial charge in [0, 0.05) is 37.4 Å². The van der Waals surface area contributed by atoms with E-state index in [0.29, 0.717) is 28.8 Å². The van der Waals surface area contributed by atoms with E-state index in [1.54, 1.807) is 66.6 Å². The molecule has 12 heteroatoms. The van der Waals surface area contributed by atoms with Gasteiger partial charge < -0.3 is 20.3 Å². The lowest BCUT2D eigenvalue weighted by Gasteiger charge is -2.19. The SMILES string of the molecule is Cn1nccc1Nc1nccc(-c2cc(F)n3c(C(CC(O)O)Oc4ccccc4)nnc3c2)n1. The average Bonchev–Trinajstić information content (AvgIpc) is 3.46. The molecule has 0 spiro atoms. The molecule has 1 aromatic carbocycles.